The van der Waals surface area contributed by atoms with Crippen molar-refractivity contribution in [2.75, 3.05) is 4.72 Å². The van der Waals surface area contributed by atoms with Crippen molar-refractivity contribution in [1.29, 1.82) is 0 Å². The van der Waals surface area contributed by atoms with E-state index in [0.717, 1.165) is 27.6 Å². The number of aromatic nitrogens is 1. The SMILES string of the molecule is Cc1ccc(S(=O)(=O)Nc2cnc3ccccc3c2-c2ccccc2)cc1. The van der Waals surface area contributed by atoms with Gasteiger partial charge in [0.25, 0.3) is 10.0 Å². The van der Waals surface area contributed by atoms with Gasteiger partial charge in [0.15, 0.2) is 0 Å². The molecule has 0 unspecified atom stereocenters. The number of aryl methyl sites for hydroxylation is 1. The number of sulfonamides is 1. The topological polar surface area (TPSA) is 59.1 Å². The molecule has 4 aromatic rings. The summed E-state index contributed by atoms with van der Waals surface area (Å²) < 4.78 is 28.5. The van der Waals surface area contributed by atoms with E-state index in [1.807, 2.05) is 61.5 Å². The second-order valence-electron chi connectivity index (χ2n) is 6.35. The minimum atomic E-state index is -3.72. The van der Waals surface area contributed by atoms with Crippen LogP contribution >= 0.6 is 0 Å². The fraction of sp³-hybridized carbons (Fsp3) is 0.0455. The van der Waals surface area contributed by atoms with Gasteiger partial charge in [0.1, 0.15) is 0 Å². The maximum atomic E-state index is 12.9. The normalized spacial score (nSPS) is 11.4. The summed E-state index contributed by atoms with van der Waals surface area (Å²) in [6.45, 7) is 1.92. The third-order valence-electron chi connectivity index (χ3n) is 4.41. The van der Waals surface area contributed by atoms with Crippen LogP contribution in [0.4, 0.5) is 5.69 Å². The molecule has 4 rings (SSSR count). The van der Waals surface area contributed by atoms with E-state index < -0.39 is 10.0 Å². The third-order valence-corrected chi connectivity index (χ3v) is 5.79. The first kappa shape index (κ1) is 17.2. The van der Waals surface area contributed by atoms with Crippen LogP contribution in [-0.2, 0) is 10.0 Å². The second-order valence-corrected chi connectivity index (χ2v) is 8.03. The highest BCUT2D eigenvalue weighted by Crippen LogP contribution is 2.35. The van der Waals surface area contributed by atoms with Crippen molar-refractivity contribution in [3.8, 4) is 11.1 Å². The number of nitrogens with one attached hydrogen (secondary N) is 1. The Kier molecular flexibility index (Phi) is 4.38. The average molecular weight is 374 g/mol. The van der Waals surface area contributed by atoms with Gasteiger partial charge in [-0.2, -0.15) is 0 Å². The van der Waals surface area contributed by atoms with Crippen molar-refractivity contribution >= 4 is 26.6 Å². The summed E-state index contributed by atoms with van der Waals surface area (Å²) in [6.07, 6.45) is 1.58. The Hall–Kier alpha value is -3.18. The molecule has 0 aliphatic rings. The highest BCUT2D eigenvalue weighted by atomic mass is 32.2. The zero-order valence-corrected chi connectivity index (χ0v) is 15.6. The molecule has 4 nitrogen and oxygen atoms in total. The molecule has 0 radical (unpaired) electrons. The van der Waals surface area contributed by atoms with Crippen molar-refractivity contribution < 1.29 is 8.42 Å². The molecule has 0 saturated carbocycles. The molecule has 134 valence electrons. The fourth-order valence-electron chi connectivity index (χ4n) is 3.06. The van der Waals surface area contributed by atoms with Crippen LogP contribution in [0.1, 0.15) is 5.56 Å². The van der Waals surface area contributed by atoms with Crippen molar-refractivity contribution in [3.05, 3.63) is 90.6 Å². The van der Waals surface area contributed by atoms with Gasteiger partial charge in [-0.25, -0.2) is 8.42 Å². The first-order chi connectivity index (χ1) is 13.0. The molecule has 5 heteroatoms. The van der Waals surface area contributed by atoms with Crippen LogP contribution in [0.2, 0.25) is 0 Å². The zero-order valence-electron chi connectivity index (χ0n) is 14.8. The number of hydrogen-bond acceptors (Lipinski definition) is 3. The van der Waals surface area contributed by atoms with Gasteiger partial charge in [-0.1, -0.05) is 66.2 Å². The van der Waals surface area contributed by atoms with E-state index in [9.17, 15) is 8.42 Å². The van der Waals surface area contributed by atoms with Crippen LogP contribution in [0, 0.1) is 6.92 Å². The quantitative estimate of drug-likeness (QED) is 0.546. The molecular formula is C22H18N2O2S. The minimum Gasteiger partial charge on any atom is -0.277 e. The summed E-state index contributed by atoms with van der Waals surface area (Å²) in [6, 6.07) is 24.2. The van der Waals surface area contributed by atoms with Gasteiger partial charge in [-0.15, -0.1) is 0 Å². The van der Waals surface area contributed by atoms with Gasteiger partial charge in [-0.3, -0.25) is 9.71 Å². The van der Waals surface area contributed by atoms with Gasteiger partial charge in [0.05, 0.1) is 22.3 Å². The van der Waals surface area contributed by atoms with Gasteiger partial charge >= 0.3 is 0 Å². The monoisotopic (exact) mass is 374 g/mol. The van der Waals surface area contributed by atoms with Crippen molar-refractivity contribution in [2.45, 2.75) is 11.8 Å². The number of fused-ring (bicyclic) bond motifs is 1. The summed E-state index contributed by atoms with van der Waals surface area (Å²) in [4.78, 5) is 4.65. The summed E-state index contributed by atoms with van der Waals surface area (Å²) in [5.74, 6) is 0. The lowest BCUT2D eigenvalue weighted by Gasteiger charge is -2.15. The van der Waals surface area contributed by atoms with Crippen molar-refractivity contribution in [1.82, 2.24) is 4.98 Å². The Labute approximate surface area is 158 Å². The molecule has 0 fully saturated rings. The van der Waals surface area contributed by atoms with Crippen molar-refractivity contribution in [3.63, 3.8) is 0 Å². The molecule has 1 N–H and O–H groups in total. The zero-order chi connectivity index (χ0) is 18.9. The van der Waals surface area contributed by atoms with E-state index in [-0.39, 0.29) is 4.90 Å². The number of nitrogens with zero attached hydrogens (tertiary/aromatic N) is 1. The highest BCUT2D eigenvalue weighted by Gasteiger charge is 2.18. The van der Waals surface area contributed by atoms with E-state index in [4.69, 9.17) is 0 Å². The molecular weight excluding hydrogens is 356 g/mol. The molecule has 0 saturated heterocycles. The predicted molar refractivity (Wildman–Crippen MR) is 109 cm³/mol. The maximum absolute atomic E-state index is 12.9. The molecule has 1 aromatic heterocycles. The molecule has 1 heterocycles. The van der Waals surface area contributed by atoms with Gasteiger partial charge < -0.3 is 0 Å². The second kappa shape index (κ2) is 6.85. The van der Waals surface area contributed by atoms with Crippen molar-refractivity contribution in [2.24, 2.45) is 0 Å². The summed E-state index contributed by atoms with van der Waals surface area (Å²) >= 11 is 0. The van der Waals surface area contributed by atoms with Gasteiger partial charge in [0, 0.05) is 10.9 Å². The van der Waals surface area contributed by atoms with E-state index >= 15 is 0 Å². The summed E-state index contributed by atoms with van der Waals surface area (Å²) in [7, 11) is -3.72. The Balaban J connectivity index is 1.88. The summed E-state index contributed by atoms with van der Waals surface area (Å²) in [5, 5.41) is 0.896. The fourth-order valence-corrected chi connectivity index (χ4v) is 4.11. The maximum Gasteiger partial charge on any atom is 0.261 e. The molecule has 0 amide bonds. The molecule has 0 spiro atoms. The Morgan fingerprint density at radius 2 is 1.48 bits per heavy atom. The van der Waals surface area contributed by atoms with Crippen LogP contribution < -0.4 is 4.72 Å². The highest BCUT2D eigenvalue weighted by molar-refractivity contribution is 7.92. The Morgan fingerprint density at radius 3 is 2.22 bits per heavy atom. The van der Waals surface area contributed by atoms with Crippen LogP contribution in [-0.4, -0.2) is 13.4 Å². The smallest absolute Gasteiger partial charge is 0.261 e. The third kappa shape index (κ3) is 3.41. The predicted octanol–water partition coefficient (Wildman–Crippen LogP) is 5.01. The minimum absolute atomic E-state index is 0.222. The van der Waals surface area contributed by atoms with Crippen LogP contribution in [0.15, 0.2) is 90.0 Å². The first-order valence-electron chi connectivity index (χ1n) is 8.57. The molecule has 0 bridgehead atoms. The number of para-hydroxylation sites is 1. The molecule has 3 aromatic carbocycles. The van der Waals surface area contributed by atoms with Crippen LogP contribution in [0.25, 0.3) is 22.0 Å². The summed E-state index contributed by atoms with van der Waals surface area (Å²) in [5.41, 5.74) is 4.02. The van der Waals surface area contributed by atoms with E-state index in [2.05, 4.69) is 9.71 Å². The van der Waals surface area contributed by atoms with E-state index in [0.29, 0.717) is 5.69 Å². The molecule has 0 aliphatic carbocycles. The lowest BCUT2D eigenvalue weighted by atomic mass is 10.00. The van der Waals surface area contributed by atoms with Crippen LogP contribution in [0.5, 0.6) is 0 Å². The Morgan fingerprint density at radius 1 is 0.815 bits per heavy atom. The average Bonchev–Trinajstić information content (AvgIpc) is 2.68. The van der Waals surface area contributed by atoms with Gasteiger partial charge in [0.2, 0.25) is 0 Å². The molecule has 0 atom stereocenters. The van der Waals surface area contributed by atoms with E-state index in [1.54, 1.807) is 30.5 Å². The first-order valence-corrected chi connectivity index (χ1v) is 10.1. The van der Waals surface area contributed by atoms with Crippen LogP contribution in [0.3, 0.4) is 0 Å². The lowest BCUT2D eigenvalue weighted by molar-refractivity contribution is 0.601. The number of rotatable bonds is 4. The largest absolute Gasteiger partial charge is 0.277 e. The number of pyridine rings is 1. The molecule has 0 aliphatic heterocycles. The lowest BCUT2D eigenvalue weighted by Crippen LogP contribution is -2.14. The standard InChI is InChI=1S/C22H18N2O2S/c1-16-11-13-18(14-12-16)27(25,26)24-21-15-23-20-10-6-5-9-19(20)22(21)17-7-3-2-4-8-17/h2-15,24H,1H3. The number of benzene rings is 3. The number of hydrogen-bond donors (Lipinski definition) is 1. The number of anilines is 1. The van der Waals surface area contributed by atoms with Gasteiger partial charge in [-0.05, 0) is 30.7 Å². The Bertz CT molecular complexity index is 1200. The molecule has 27 heavy (non-hydrogen) atoms. The van der Waals surface area contributed by atoms with E-state index in [1.165, 1.54) is 0 Å².